The van der Waals surface area contributed by atoms with Crippen molar-refractivity contribution in [1.29, 1.82) is 0 Å². The van der Waals surface area contributed by atoms with E-state index in [2.05, 4.69) is 41.1 Å². The summed E-state index contributed by atoms with van der Waals surface area (Å²) in [6.07, 6.45) is 5.05. The van der Waals surface area contributed by atoms with Crippen LogP contribution in [0, 0.1) is 6.92 Å². The molecule has 0 bridgehead atoms. The standard InChI is InChI=1S/C19H23N3O/c1-16-3-2-4-17(15-16)5-6-19(23)22-13-11-21(12-14-22)18-7-9-20-10-8-18/h2-4,7-10,15H,5-6,11-14H2,1H3. The quantitative estimate of drug-likeness (QED) is 0.871. The van der Waals surface area contributed by atoms with Crippen LogP contribution in [0.5, 0.6) is 0 Å². The van der Waals surface area contributed by atoms with Crippen molar-refractivity contribution in [2.75, 3.05) is 31.1 Å². The number of hydrogen-bond donors (Lipinski definition) is 0. The van der Waals surface area contributed by atoms with Gasteiger partial charge in [-0.15, -0.1) is 0 Å². The molecule has 4 heteroatoms. The van der Waals surface area contributed by atoms with Gasteiger partial charge in [0.25, 0.3) is 0 Å². The van der Waals surface area contributed by atoms with Gasteiger partial charge in [0.2, 0.25) is 5.91 Å². The first-order chi connectivity index (χ1) is 11.2. The van der Waals surface area contributed by atoms with Crippen LogP contribution in [0.2, 0.25) is 0 Å². The first-order valence-corrected chi connectivity index (χ1v) is 8.21. The SMILES string of the molecule is Cc1cccc(CCC(=O)N2CCN(c3ccncc3)CC2)c1. The van der Waals surface area contributed by atoms with Crippen LogP contribution in [0.4, 0.5) is 5.69 Å². The minimum Gasteiger partial charge on any atom is -0.368 e. The maximum atomic E-state index is 12.4. The van der Waals surface area contributed by atoms with Crippen LogP contribution in [0.1, 0.15) is 17.5 Å². The molecule has 23 heavy (non-hydrogen) atoms. The third kappa shape index (κ3) is 4.09. The Morgan fingerprint density at radius 1 is 1.09 bits per heavy atom. The number of pyridine rings is 1. The molecule has 0 spiro atoms. The first-order valence-electron chi connectivity index (χ1n) is 8.21. The van der Waals surface area contributed by atoms with Crippen LogP contribution in [-0.4, -0.2) is 42.0 Å². The summed E-state index contributed by atoms with van der Waals surface area (Å²) in [4.78, 5) is 20.8. The van der Waals surface area contributed by atoms with E-state index in [-0.39, 0.29) is 5.91 Å². The summed E-state index contributed by atoms with van der Waals surface area (Å²) in [6.45, 7) is 5.47. The third-order valence-electron chi connectivity index (χ3n) is 4.37. The second-order valence-electron chi connectivity index (χ2n) is 6.06. The van der Waals surface area contributed by atoms with Crippen molar-refractivity contribution in [3.63, 3.8) is 0 Å². The topological polar surface area (TPSA) is 36.4 Å². The molecule has 0 atom stereocenters. The van der Waals surface area contributed by atoms with Crippen molar-refractivity contribution in [2.24, 2.45) is 0 Å². The lowest BCUT2D eigenvalue weighted by atomic mass is 10.1. The third-order valence-corrected chi connectivity index (χ3v) is 4.37. The van der Waals surface area contributed by atoms with Crippen molar-refractivity contribution in [2.45, 2.75) is 19.8 Å². The Balaban J connectivity index is 1.48. The van der Waals surface area contributed by atoms with Crippen LogP contribution in [0.25, 0.3) is 0 Å². The number of aryl methyl sites for hydroxylation is 2. The molecule has 4 nitrogen and oxygen atoms in total. The summed E-state index contributed by atoms with van der Waals surface area (Å²) < 4.78 is 0. The molecule has 0 saturated carbocycles. The Morgan fingerprint density at radius 3 is 2.52 bits per heavy atom. The van der Waals surface area contributed by atoms with Crippen LogP contribution in [-0.2, 0) is 11.2 Å². The minimum absolute atomic E-state index is 0.265. The molecule has 1 aromatic heterocycles. The molecule has 1 fully saturated rings. The number of nitrogens with zero attached hydrogens (tertiary/aromatic N) is 3. The molecule has 1 saturated heterocycles. The highest BCUT2D eigenvalue weighted by Gasteiger charge is 2.20. The zero-order valence-corrected chi connectivity index (χ0v) is 13.6. The van der Waals surface area contributed by atoms with Gasteiger partial charge in [-0.3, -0.25) is 9.78 Å². The van der Waals surface area contributed by atoms with E-state index < -0.39 is 0 Å². The molecule has 0 unspecified atom stereocenters. The Morgan fingerprint density at radius 2 is 1.83 bits per heavy atom. The van der Waals surface area contributed by atoms with Crippen molar-refractivity contribution in [3.8, 4) is 0 Å². The number of aromatic nitrogens is 1. The fourth-order valence-electron chi connectivity index (χ4n) is 3.05. The Bertz CT molecular complexity index is 649. The summed E-state index contributed by atoms with van der Waals surface area (Å²) in [5.41, 5.74) is 3.68. The highest BCUT2D eigenvalue weighted by atomic mass is 16.2. The van der Waals surface area contributed by atoms with Gasteiger partial charge < -0.3 is 9.80 Å². The van der Waals surface area contributed by atoms with E-state index in [0.717, 1.165) is 32.6 Å². The monoisotopic (exact) mass is 309 g/mol. The van der Waals surface area contributed by atoms with Gasteiger partial charge in [0.05, 0.1) is 0 Å². The summed E-state index contributed by atoms with van der Waals surface area (Å²) in [5, 5.41) is 0. The van der Waals surface area contributed by atoms with Crippen LogP contribution < -0.4 is 4.90 Å². The molecule has 0 aliphatic carbocycles. The Kier molecular flexibility index (Phi) is 4.91. The lowest BCUT2D eigenvalue weighted by molar-refractivity contribution is -0.131. The largest absolute Gasteiger partial charge is 0.368 e. The number of carbonyl (C=O) groups is 1. The predicted molar refractivity (Wildman–Crippen MR) is 92.5 cm³/mol. The molecule has 0 radical (unpaired) electrons. The van der Waals surface area contributed by atoms with Crippen LogP contribution in [0.3, 0.4) is 0 Å². The molecule has 2 heterocycles. The smallest absolute Gasteiger partial charge is 0.223 e. The minimum atomic E-state index is 0.265. The number of benzene rings is 1. The summed E-state index contributed by atoms with van der Waals surface area (Å²) >= 11 is 0. The van der Waals surface area contributed by atoms with Gasteiger partial charge in [-0.25, -0.2) is 0 Å². The van der Waals surface area contributed by atoms with Gasteiger partial charge in [-0.2, -0.15) is 0 Å². The van der Waals surface area contributed by atoms with Gasteiger partial charge in [-0.1, -0.05) is 29.8 Å². The van der Waals surface area contributed by atoms with Gasteiger partial charge in [-0.05, 0) is 31.0 Å². The lowest BCUT2D eigenvalue weighted by Gasteiger charge is -2.36. The van der Waals surface area contributed by atoms with Crippen LogP contribution in [0.15, 0.2) is 48.8 Å². The zero-order valence-electron chi connectivity index (χ0n) is 13.6. The first kappa shape index (κ1) is 15.5. The lowest BCUT2D eigenvalue weighted by Crippen LogP contribution is -2.48. The highest BCUT2D eigenvalue weighted by molar-refractivity contribution is 5.76. The van der Waals surface area contributed by atoms with E-state index in [4.69, 9.17) is 0 Å². The van der Waals surface area contributed by atoms with E-state index in [1.54, 1.807) is 0 Å². The number of anilines is 1. The zero-order chi connectivity index (χ0) is 16.1. The predicted octanol–water partition coefficient (Wildman–Crippen LogP) is 2.67. The second kappa shape index (κ2) is 7.27. The highest BCUT2D eigenvalue weighted by Crippen LogP contribution is 2.15. The Hall–Kier alpha value is -2.36. The fraction of sp³-hybridized carbons (Fsp3) is 0.368. The average molecular weight is 309 g/mol. The molecule has 0 N–H and O–H groups in total. The number of carbonyl (C=O) groups excluding carboxylic acids is 1. The van der Waals surface area contributed by atoms with Crippen molar-refractivity contribution < 1.29 is 4.79 Å². The Labute approximate surface area is 137 Å². The van der Waals surface area contributed by atoms with Crippen molar-refractivity contribution in [3.05, 3.63) is 59.9 Å². The molecule has 2 aromatic rings. The second-order valence-corrected chi connectivity index (χ2v) is 6.06. The molecule has 120 valence electrons. The van der Waals surface area contributed by atoms with Gasteiger partial charge >= 0.3 is 0 Å². The van der Waals surface area contributed by atoms with Crippen molar-refractivity contribution >= 4 is 11.6 Å². The van der Waals surface area contributed by atoms with E-state index >= 15 is 0 Å². The summed E-state index contributed by atoms with van der Waals surface area (Å²) in [7, 11) is 0. The molecular weight excluding hydrogens is 286 g/mol. The van der Waals surface area contributed by atoms with Crippen LogP contribution >= 0.6 is 0 Å². The summed E-state index contributed by atoms with van der Waals surface area (Å²) in [6, 6.07) is 12.5. The molecule has 3 rings (SSSR count). The average Bonchev–Trinajstić information content (AvgIpc) is 2.61. The maximum Gasteiger partial charge on any atom is 0.223 e. The number of amides is 1. The normalized spacial score (nSPS) is 14.8. The van der Waals surface area contributed by atoms with E-state index in [0.29, 0.717) is 6.42 Å². The number of rotatable bonds is 4. The van der Waals surface area contributed by atoms with E-state index in [1.165, 1.54) is 16.8 Å². The van der Waals surface area contributed by atoms with Gasteiger partial charge in [0.1, 0.15) is 0 Å². The molecule has 1 aliphatic heterocycles. The van der Waals surface area contributed by atoms with E-state index in [9.17, 15) is 4.79 Å². The molecule has 1 aromatic carbocycles. The van der Waals surface area contributed by atoms with Gasteiger partial charge in [0.15, 0.2) is 0 Å². The summed E-state index contributed by atoms with van der Waals surface area (Å²) in [5.74, 6) is 0.265. The fourth-order valence-corrected chi connectivity index (χ4v) is 3.05. The molecule has 1 aliphatic rings. The number of piperazine rings is 1. The van der Waals surface area contributed by atoms with E-state index in [1.807, 2.05) is 29.4 Å². The van der Waals surface area contributed by atoms with Gasteiger partial charge in [0, 0.05) is 50.7 Å². The van der Waals surface area contributed by atoms with Crippen molar-refractivity contribution in [1.82, 2.24) is 9.88 Å². The maximum absolute atomic E-state index is 12.4. The molecular formula is C19H23N3O. The number of hydrogen-bond acceptors (Lipinski definition) is 3. The molecule has 1 amide bonds.